The summed E-state index contributed by atoms with van der Waals surface area (Å²) in [5, 5.41) is 13.9. The van der Waals surface area contributed by atoms with Crippen LogP contribution >= 0.6 is 27.3 Å². The molecule has 2 rings (SSSR count). The molecule has 0 aliphatic carbocycles. The molecule has 2 amide bonds. The number of carbonyl (C=O) groups is 1. The van der Waals surface area contributed by atoms with Crippen molar-refractivity contribution < 1.29 is 4.79 Å². The van der Waals surface area contributed by atoms with Crippen LogP contribution in [0.3, 0.4) is 0 Å². The molecule has 6 heteroatoms. The van der Waals surface area contributed by atoms with Crippen LogP contribution in [0.1, 0.15) is 24.8 Å². The second kappa shape index (κ2) is 4.31. The van der Waals surface area contributed by atoms with E-state index in [0.717, 1.165) is 9.35 Å². The van der Waals surface area contributed by atoms with Gasteiger partial charge in [-0.15, -0.1) is 11.3 Å². The van der Waals surface area contributed by atoms with Crippen LogP contribution in [0.2, 0.25) is 0 Å². The summed E-state index contributed by atoms with van der Waals surface area (Å²) in [6.07, 6.45) is 0. The van der Waals surface area contributed by atoms with Gasteiger partial charge in [-0.1, -0.05) is 0 Å². The molecule has 1 N–H and O–H groups in total. The Labute approximate surface area is 112 Å². The van der Waals surface area contributed by atoms with E-state index in [4.69, 9.17) is 5.26 Å². The summed E-state index contributed by atoms with van der Waals surface area (Å²) in [6, 6.07) is 3.95. The molecule has 0 radical (unpaired) electrons. The van der Waals surface area contributed by atoms with E-state index in [1.807, 2.05) is 11.4 Å². The second-order valence-corrected chi connectivity index (χ2v) is 6.31. The zero-order valence-electron chi connectivity index (χ0n) is 9.53. The molecular formula is C11H12BrN3OS. The summed E-state index contributed by atoms with van der Waals surface area (Å²) in [5.41, 5.74) is -0.771. The van der Waals surface area contributed by atoms with Gasteiger partial charge in [-0.2, -0.15) is 5.26 Å². The maximum absolute atomic E-state index is 11.8. The van der Waals surface area contributed by atoms with Gasteiger partial charge < -0.3 is 10.2 Å². The van der Waals surface area contributed by atoms with Gasteiger partial charge in [-0.3, -0.25) is 0 Å². The summed E-state index contributed by atoms with van der Waals surface area (Å²) in [5.74, 6) is 0. The Kier molecular flexibility index (Phi) is 3.15. The maximum atomic E-state index is 11.8. The molecule has 1 atom stereocenters. The van der Waals surface area contributed by atoms with Crippen LogP contribution < -0.4 is 5.32 Å². The first-order valence-electron chi connectivity index (χ1n) is 5.17. The quantitative estimate of drug-likeness (QED) is 0.912. The molecule has 1 aromatic heterocycles. The van der Waals surface area contributed by atoms with Gasteiger partial charge in [0.05, 0.1) is 12.1 Å². The number of urea groups is 1. The van der Waals surface area contributed by atoms with Crippen LogP contribution in [-0.2, 0) is 0 Å². The summed E-state index contributed by atoms with van der Waals surface area (Å²) >= 11 is 4.99. The van der Waals surface area contributed by atoms with E-state index in [0.29, 0.717) is 6.54 Å². The first-order chi connectivity index (χ1) is 7.94. The van der Waals surface area contributed by atoms with Crippen molar-refractivity contribution in [2.24, 2.45) is 0 Å². The molecular weight excluding hydrogens is 302 g/mol. The first kappa shape index (κ1) is 12.4. The average Bonchev–Trinajstić information content (AvgIpc) is 2.85. The fourth-order valence-electron chi connectivity index (χ4n) is 1.75. The Bertz CT molecular complexity index is 491. The van der Waals surface area contributed by atoms with E-state index in [2.05, 4.69) is 27.3 Å². The Morgan fingerprint density at radius 2 is 2.41 bits per heavy atom. The lowest BCUT2D eigenvalue weighted by molar-refractivity contribution is 0.186. The molecule has 2 heterocycles. The zero-order valence-corrected chi connectivity index (χ0v) is 11.9. The van der Waals surface area contributed by atoms with E-state index in [1.165, 1.54) is 0 Å². The molecule has 1 saturated heterocycles. The van der Waals surface area contributed by atoms with Gasteiger partial charge in [-0.25, -0.2) is 4.79 Å². The first-order valence-corrected chi connectivity index (χ1v) is 6.84. The highest BCUT2D eigenvalue weighted by molar-refractivity contribution is 9.10. The molecule has 0 spiro atoms. The van der Waals surface area contributed by atoms with E-state index < -0.39 is 5.54 Å². The van der Waals surface area contributed by atoms with Gasteiger partial charge in [0, 0.05) is 21.3 Å². The zero-order chi connectivity index (χ0) is 12.6. The van der Waals surface area contributed by atoms with Gasteiger partial charge in [0.1, 0.15) is 5.54 Å². The van der Waals surface area contributed by atoms with Gasteiger partial charge in [0.15, 0.2) is 0 Å². The Morgan fingerprint density at radius 3 is 2.94 bits per heavy atom. The number of nitrogens with zero attached hydrogens (tertiary/aromatic N) is 2. The van der Waals surface area contributed by atoms with Crippen LogP contribution in [-0.4, -0.2) is 23.0 Å². The lowest BCUT2D eigenvalue weighted by Gasteiger charge is -2.27. The van der Waals surface area contributed by atoms with Crippen molar-refractivity contribution in [1.29, 1.82) is 5.26 Å². The van der Waals surface area contributed by atoms with Crippen molar-refractivity contribution in [2.45, 2.75) is 25.4 Å². The number of thiophene rings is 1. The van der Waals surface area contributed by atoms with Crippen LogP contribution in [0.4, 0.5) is 4.79 Å². The van der Waals surface area contributed by atoms with E-state index >= 15 is 0 Å². The number of halogens is 1. The van der Waals surface area contributed by atoms with Crippen molar-refractivity contribution in [3.8, 4) is 6.07 Å². The molecule has 1 aliphatic rings. The normalized spacial score (nSPS) is 20.2. The van der Waals surface area contributed by atoms with Gasteiger partial charge in [-0.05, 0) is 35.8 Å². The highest BCUT2D eigenvalue weighted by Crippen LogP contribution is 2.31. The van der Waals surface area contributed by atoms with E-state index in [-0.39, 0.29) is 12.1 Å². The fraction of sp³-hybridized carbons (Fsp3) is 0.455. The minimum absolute atomic E-state index is 0.0218. The van der Waals surface area contributed by atoms with Crippen LogP contribution in [0.5, 0.6) is 0 Å². The fourth-order valence-corrected chi connectivity index (χ4v) is 3.24. The lowest BCUT2D eigenvalue weighted by atomic mass is 10.1. The Morgan fingerprint density at radius 1 is 1.71 bits per heavy atom. The highest BCUT2D eigenvalue weighted by atomic mass is 79.9. The summed E-state index contributed by atoms with van der Waals surface area (Å²) < 4.78 is 1.02. The number of amides is 2. The smallest absolute Gasteiger partial charge is 0.319 e. The third kappa shape index (κ3) is 2.31. The SMILES string of the molecule is CC(C)(C#N)N1CC(c2cc(Br)cs2)NC1=O. The predicted octanol–water partition coefficient (Wildman–Crippen LogP) is 2.88. The predicted molar refractivity (Wildman–Crippen MR) is 69.7 cm³/mol. The van der Waals surface area contributed by atoms with E-state index in [1.54, 1.807) is 30.1 Å². The van der Waals surface area contributed by atoms with Crippen molar-refractivity contribution >= 4 is 33.3 Å². The minimum atomic E-state index is -0.771. The highest BCUT2D eigenvalue weighted by Gasteiger charge is 2.39. The van der Waals surface area contributed by atoms with Crippen LogP contribution in [0.15, 0.2) is 15.9 Å². The van der Waals surface area contributed by atoms with Crippen LogP contribution in [0.25, 0.3) is 0 Å². The molecule has 1 fully saturated rings. The summed E-state index contributed by atoms with van der Waals surface area (Å²) in [6.45, 7) is 4.03. The van der Waals surface area contributed by atoms with E-state index in [9.17, 15) is 4.79 Å². The molecule has 1 aliphatic heterocycles. The van der Waals surface area contributed by atoms with Gasteiger partial charge in [0.25, 0.3) is 0 Å². The largest absolute Gasteiger partial charge is 0.329 e. The van der Waals surface area contributed by atoms with Gasteiger partial charge in [0.2, 0.25) is 0 Å². The number of nitriles is 1. The van der Waals surface area contributed by atoms with Crippen molar-refractivity contribution in [1.82, 2.24) is 10.2 Å². The molecule has 90 valence electrons. The van der Waals surface area contributed by atoms with Gasteiger partial charge >= 0.3 is 6.03 Å². The molecule has 0 saturated carbocycles. The van der Waals surface area contributed by atoms with Crippen molar-refractivity contribution in [2.75, 3.05) is 6.54 Å². The standard InChI is InChI=1S/C11H12BrN3OS/c1-11(2,6-13)15-4-8(14-10(15)16)9-3-7(12)5-17-9/h3,5,8H,4H2,1-2H3,(H,14,16). The number of hydrogen-bond donors (Lipinski definition) is 1. The number of rotatable bonds is 2. The molecule has 0 aromatic carbocycles. The van der Waals surface area contributed by atoms with Crippen molar-refractivity contribution in [3.05, 3.63) is 20.8 Å². The third-order valence-corrected chi connectivity index (χ3v) is 4.59. The second-order valence-electron chi connectivity index (χ2n) is 4.45. The summed E-state index contributed by atoms with van der Waals surface area (Å²) in [4.78, 5) is 14.5. The number of carbonyl (C=O) groups excluding carboxylic acids is 1. The Balaban J connectivity index is 2.18. The minimum Gasteiger partial charge on any atom is -0.329 e. The average molecular weight is 314 g/mol. The summed E-state index contributed by atoms with van der Waals surface area (Å²) in [7, 11) is 0. The molecule has 1 aromatic rings. The topological polar surface area (TPSA) is 56.1 Å². The maximum Gasteiger partial charge on any atom is 0.319 e. The molecule has 1 unspecified atom stereocenters. The monoisotopic (exact) mass is 313 g/mol. The molecule has 0 bridgehead atoms. The number of hydrogen-bond acceptors (Lipinski definition) is 3. The van der Waals surface area contributed by atoms with Crippen molar-refractivity contribution in [3.63, 3.8) is 0 Å². The number of nitrogens with one attached hydrogen (secondary N) is 1. The lowest BCUT2D eigenvalue weighted by Crippen LogP contribution is -2.44. The molecule has 4 nitrogen and oxygen atoms in total. The molecule has 17 heavy (non-hydrogen) atoms. The van der Waals surface area contributed by atoms with Crippen LogP contribution in [0, 0.1) is 11.3 Å². The Hall–Kier alpha value is -1.06. The third-order valence-electron chi connectivity index (χ3n) is 2.79.